The lowest BCUT2D eigenvalue weighted by Crippen LogP contribution is -2.57. The van der Waals surface area contributed by atoms with Gasteiger partial charge in [-0.15, -0.1) is 0 Å². The van der Waals surface area contributed by atoms with Crippen LogP contribution in [0.1, 0.15) is 60.8 Å². The molecule has 0 saturated heterocycles. The Morgan fingerprint density at radius 3 is 2.56 bits per heavy atom. The molecule has 34 heavy (non-hydrogen) atoms. The van der Waals surface area contributed by atoms with Gasteiger partial charge < -0.3 is 14.3 Å². The highest BCUT2D eigenvalue weighted by atomic mass is 19.4. The topological polar surface area (TPSA) is 79.5 Å². The van der Waals surface area contributed by atoms with Crippen molar-refractivity contribution < 1.29 is 36.1 Å². The van der Waals surface area contributed by atoms with Crippen LogP contribution in [-0.2, 0) is 17.5 Å². The molecule has 0 N–H and O–H groups in total. The number of benzene rings is 1. The molecular formula is C22H21F5N4O3. The van der Waals surface area contributed by atoms with Crippen LogP contribution in [0.3, 0.4) is 0 Å². The number of carbonyl (C=O) groups is 2. The summed E-state index contributed by atoms with van der Waals surface area (Å²) in [4.78, 5) is 31.4. The zero-order valence-electron chi connectivity index (χ0n) is 18.1. The summed E-state index contributed by atoms with van der Waals surface area (Å²) in [5.74, 6) is -5.12. The van der Waals surface area contributed by atoms with Crippen molar-refractivity contribution in [3.8, 4) is 11.4 Å². The van der Waals surface area contributed by atoms with Gasteiger partial charge in [-0.25, -0.2) is 8.78 Å². The molecule has 182 valence electrons. The Hall–Kier alpha value is -3.05. The van der Waals surface area contributed by atoms with E-state index in [1.165, 1.54) is 24.0 Å². The van der Waals surface area contributed by atoms with Crippen molar-refractivity contribution in [2.24, 2.45) is 0 Å². The van der Waals surface area contributed by atoms with Crippen molar-refractivity contribution in [1.29, 1.82) is 0 Å². The van der Waals surface area contributed by atoms with Gasteiger partial charge in [0, 0.05) is 24.1 Å². The van der Waals surface area contributed by atoms with Gasteiger partial charge >= 0.3 is 12.1 Å². The van der Waals surface area contributed by atoms with Gasteiger partial charge in [0.05, 0.1) is 12.1 Å². The summed E-state index contributed by atoms with van der Waals surface area (Å²) in [7, 11) is 0. The quantitative estimate of drug-likeness (QED) is 0.468. The summed E-state index contributed by atoms with van der Waals surface area (Å²) in [6.45, 7) is 1.58. The Labute approximate surface area is 190 Å². The van der Waals surface area contributed by atoms with E-state index in [1.807, 2.05) is 0 Å². The SMILES string of the molecule is CC1(N(C=O)[C@@H]2CCCC[C@H]2N2Cc3ccc(-c4noc(C(F)(F)F)n4)cc3C2=O)CC1(F)F. The van der Waals surface area contributed by atoms with Crippen LogP contribution < -0.4 is 0 Å². The molecule has 12 heteroatoms. The van der Waals surface area contributed by atoms with Gasteiger partial charge in [-0.05, 0) is 31.4 Å². The van der Waals surface area contributed by atoms with Gasteiger partial charge in [0.2, 0.25) is 12.2 Å². The minimum atomic E-state index is -4.79. The second-order valence-electron chi connectivity index (χ2n) is 9.31. The lowest BCUT2D eigenvalue weighted by Gasteiger charge is -2.44. The van der Waals surface area contributed by atoms with E-state index in [-0.39, 0.29) is 29.4 Å². The van der Waals surface area contributed by atoms with E-state index >= 15 is 0 Å². The van der Waals surface area contributed by atoms with E-state index in [4.69, 9.17) is 0 Å². The minimum absolute atomic E-state index is 0.188. The second kappa shape index (κ2) is 7.47. The summed E-state index contributed by atoms with van der Waals surface area (Å²) in [5, 5.41) is 3.36. The molecule has 2 aliphatic carbocycles. The number of nitrogens with zero attached hydrogens (tertiary/aromatic N) is 4. The number of amides is 2. The van der Waals surface area contributed by atoms with Crippen molar-refractivity contribution in [3.63, 3.8) is 0 Å². The molecule has 0 radical (unpaired) electrons. The molecule has 2 aromatic rings. The Balaban J connectivity index is 1.41. The third-order valence-corrected chi connectivity index (χ3v) is 7.23. The molecule has 3 aliphatic rings. The minimum Gasteiger partial charge on any atom is -0.329 e. The third-order valence-electron chi connectivity index (χ3n) is 7.23. The summed E-state index contributed by atoms with van der Waals surface area (Å²) in [5.41, 5.74) is -0.445. The van der Waals surface area contributed by atoms with Gasteiger partial charge in [0.15, 0.2) is 0 Å². The van der Waals surface area contributed by atoms with Crippen molar-refractivity contribution in [2.45, 2.75) is 75.3 Å². The van der Waals surface area contributed by atoms with Crippen LogP contribution in [-0.4, -0.2) is 55.8 Å². The van der Waals surface area contributed by atoms with Crippen molar-refractivity contribution in [1.82, 2.24) is 19.9 Å². The van der Waals surface area contributed by atoms with E-state index in [2.05, 4.69) is 14.7 Å². The maximum atomic E-state index is 14.1. The van der Waals surface area contributed by atoms with Gasteiger partial charge in [-0.3, -0.25) is 9.59 Å². The third kappa shape index (κ3) is 3.45. The zero-order valence-corrected chi connectivity index (χ0v) is 18.1. The van der Waals surface area contributed by atoms with E-state index in [0.29, 0.717) is 24.8 Å². The highest BCUT2D eigenvalue weighted by Gasteiger charge is 2.72. The first-order chi connectivity index (χ1) is 16.0. The van der Waals surface area contributed by atoms with Crippen LogP contribution in [0.25, 0.3) is 11.4 Å². The second-order valence-corrected chi connectivity index (χ2v) is 9.31. The molecule has 1 aromatic carbocycles. The summed E-state index contributed by atoms with van der Waals surface area (Å²) >= 11 is 0. The largest absolute Gasteiger partial charge is 0.471 e. The zero-order chi connectivity index (χ0) is 24.5. The Morgan fingerprint density at radius 1 is 1.24 bits per heavy atom. The van der Waals surface area contributed by atoms with Gasteiger partial charge in [-0.2, -0.15) is 18.2 Å². The number of halogens is 5. The fourth-order valence-corrected chi connectivity index (χ4v) is 5.19. The average Bonchev–Trinajstić information content (AvgIpc) is 3.15. The molecular weight excluding hydrogens is 463 g/mol. The fraction of sp³-hybridized carbons (Fsp3) is 0.545. The first-order valence-electron chi connectivity index (χ1n) is 10.9. The molecule has 0 spiro atoms. The van der Waals surface area contributed by atoms with Crippen LogP contribution in [0, 0.1) is 0 Å². The molecule has 5 rings (SSSR count). The number of fused-ring (bicyclic) bond motifs is 1. The predicted molar refractivity (Wildman–Crippen MR) is 107 cm³/mol. The summed E-state index contributed by atoms with van der Waals surface area (Å²) in [6.07, 6.45) is -2.13. The highest BCUT2D eigenvalue weighted by Crippen LogP contribution is 2.57. The number of hydrogen-bond donors (Lipinski definition) is 0. The van der Waals surface area contributed by atoms with Crippen molar-refractivity contribution in [2.75, 3.05) is 0 Å². The van der Waals surface area contributed by atoms with Crippen LogP contribution in [0.5, 0.6) is 0 Å². The first-order valence-corrected chi connectivity index (χ1v) is 10.9. The maximum absolute atomic E-state index is 14.1. The summed E-state index contributed by atoms with van der Waals surface area (Å²) in [6, 6.07) is 3.53. The molecule has 3 atom stereocenters. The molecule has 1 aromatic heterocycles. The van der Waals surface area contributed by atoms with Crippen LogP contribution in [0.2, 0.25) is 0 Å². The molecule has 2 fully saturated rings. The molecule has 2 saturated carbocycles. The lowest BCUT2D eigenvalue weighted by molar-refractivity contribution is -0.159. The smallest absolute Gasteiger partial charge is 0.329 e. The number of rotatable bonds is 5. The molecule has 0 bridgehead atoms. The lowest BCUT2D eigenvalue weighted by atomic mass is 9.87. The van der Waals surface area contributed by atoms with Crippen molar-refractivity contribution in [3.05, 3.63) is 35.2 Å². The monoisotopic (exact) mass is 484 g/mol. The van der Waals surface area contributed by atoms with Gasteiger partial charge in [0.1, 0.15) is 5.54 Å². The molecule has 1 unspecified atom stereocenters. The van der Waals surface area contributed by atoms with E-state index in [1.54, 1.807) is 11.0 Å². The van der Waals surface area contributed by atoms with E-state index in [0.717, 1.165) is 12.8 Å². The summed E-state index contributed by atoms with van der Waals surface area (Å²) < 4.78 is 70.8. The molecule has 1 aliphatic heterocycles. The normalized spacial score (nSPS) is 28.1. The number of aromatic nitrogens is 2. The number of alkyl halides is 5. The maximum Gasteiger partial charge on any atom is 0.471 e. The Bertz CT molecular complexity index is 1150. The van der Waals surface area contributed by atoms with Gasteiger partial charge in [-0.1, -0.05) is 30.1 Å². The van der Waals surface area contributed by atoms with Gasteiger partial charge in [0.25, 0.3) is 11.8 Å². The van der Waals surface area contributed by atoms with Crippen LogP contribution >= 0.6 is 0 Å². The van der Waals surface area contributed by atoms with Crippen LogP contribution in [0.15, 0.2) is 22.7 Å². The fourth-order valence-electron chi connectivity index (χ4n) is 5.19. The molecule has 2 heterocycles. The predicted octanol–water partition coefficient (Wildman–Crippen LogP) is 4.28. The Kier molecular flexibility index (Phi) is 5.00. The molecule has 7 nitrogen and oxygen atoms in total. The van der Waals surface area contributed by atoms with E-state index in [9.17, 15) is 31.5 Å². The number of carbonyl (C=O) groups excluding carboxylic acids is 2. The molecule has 2 amide bonds. The van der Waals surface area contributed by atoms with Crippen LogP contribution in [0.4, 0.5) is 22.0 Å². The number of hydrogen-bond acceptors (Lipinski definition) is 5. The van der Waals surface area contributed by atoms with Crippen molar-refractivity contribution >= 4 is 12.3 Å². The Morgan fingerprint density at radius 2 is 1.94 bits per heavy atom. The highest BCUT2D eigenvalue weighted by molar-refractivity contribution is 5.99. The average molecular weight is 484 g/mol. The standard InChI is InChI=1S/C22H21F5N4O3/c1-20(10-21(20,23)24)31(11-32)16-5-3-2-4-15(16)30-9-13-7-6-12(8-14(13)18(30)33)17-28-19(34-29-17)22(25,26)27/h6-8,11,15-16H,2-5,9-10H2,1H3/t15-,16-,20?/m1/s1. The first kappa shape index (κ1) is 22.7. The van der Waals surface area contributed by atoms with E-state index < -0.39 is 42.0 Å².